The van der Waals surface area contributed by atoms with E-state index in [0.29, 0.717) is 0 Å². The highest BCUT2D eigenvalue weighted by Crippen LogP contribution is 2.43. The fraction of sp³-hybridized carbons (Fsp3) is 0.600. The van der Waals surface area contributed by atoms with Crippen LogP contribution >= 0.6 is 48.0 Å². The van der Waals surface area contributed by atoms with Crippen molar-refractivity contribution in [3.05, 3.63) is 33.8 Å². The van der Waals surface area contributed by atoms with E-state index in [0.717, 1.165) is 41.8 Å². The smallest absolute Gasteiger partial charge is 0.0469 e. The molecular formula is C15H24Cl4N2. The van der Waals surface area contributed by atoms with Crippen LogP contribution in [0.2, 0.25) is 10.0 Å². The molecule has 2 nitrogen and oxygen atoms in total. The van der Waals surface area contributed by atoms with Crippen molar-refractivity contribution in [2.24, 2.45) is 5.41 Å². The lowest BCUT2D eigenvalue weighted by Crippen LogP contribution is -2.48. The van der Waals surface area contributed by atoms with Crippen LogP contribution in [0.3, 0.4) is 0 Å². The molecule has 1 saturated heterocycles. The van der Waals surface area contributed by atoms with Crippen molar-refractivity contribution >= 4 is 48.0 Å². The van der Waals surface area contributed by atoms with Crippen molar-refractivity contribution in [3.8, 4) is 0 Å². The van der Waals surface area contributed by atoms with Gasteiger partial charge in [-0.1, -0.05) is 50.0 Å². The maximum Gasteiger partial charge on any atom is 0.0469 e. The van der Waals surface area contributed by atoms with Crippen molar-refractivity contribution in [1.29, 1.82) is 0 Å². The maximum atomic E-state index is 6.42. The van der Waals surface area contributed by atoms with Gasteiger partial charge in [0.15, 0.2) is 0 Å². The summed E-state index contributed by atoms with van der Waals surface area (Å²) in [5.74, 6) is 0. The average molecular weight is 374 g/mol. The first kappa shape index (κ1) is 21.3. The number of benzene rings is 1. The van der Waals surface area contributed by atoms with E-state index in [2.05, 4.69) is 31.0 Å². The number of nitrogens with zero attached hydrogens (tertiary/aromatic N) is 1. The molecule has 0 aromatic heterocycles. The zero-order valence-corrected chi connectivity index (χ0v) is 15.8. The summed E-state index contributed by atoms with van der Waals surface area (Å²) in [6, 6.07) is 6.02. The summed E-state index contributed by atoms with van der Waals surface area (Å²) in [5.41, 5.74) is 1.16. The van der Waals surface area contributed by atoms with Crippen LogP contribution in [-0.4, -0.2) is 31.1 Å². The summed E-state index contributed by atoms with van der Waals surface area (Å²) in [7, 11) is 0. The SMILES string of the molecule is CC(C)(C)[C@H](c1c(Cl)cccc1Cl)N1CCNCC1.Cl.Cl. The van der Waals surface area contributed by atoms with Crippen LogP contribution in [-0.2, 0) is 0 Å². The zero-order valence-electron chi connectivity index (χ0n) is 12.7. The van der Waals surface area contributed by atoms with E-state index < -0.39 is 0 Å². The summed E-state index contributed by atoms with van der Waals surface area (Å²) >= 11 is 12.8. The Morgan fingerprint density at radius 3 is 1.95 bits per heavy atom. The first-order valence-corrected chi connectivity index (χ1v) is 7.55. The lowest BCUT2D eigenvalue weighted by molar-refractivity contribution is 0.0863. The molecule has 0 radical (unpaired) electrons. The molecule has 1 aromatic rings. The van der Waals surface area contributed by atoms with Gasteiger partial charge in [0, 0.05) is 47.8 Å². The fourth-order valence-electron chi connectivity index (χ4n) is 2.88. The fourth-order valence-corrected chi connectivity index (χ4v) is 3.48. The van der Waals surface area contributed by atoms with E-state index in [-0.39, 0.29) is 36.3 Å². The summed E-state index contributed by atoms with van der Waals surface area (Å²) < 4.78 is 0. The van der Waals surface area contributed by atoms with Crippen LogP contribution in [0, 0.1) is 5.41 Å². The van der Waals surface area contributed by atoms with Crippen LogP contribution in [0.25, 0.3) is 0 Å². The summed E-state index contributed by atoms with van der Waals surface area (Å²) in [6.45, 7) is 10.9. The second kappa shape index (κ2) is 8.81. The summed E-state index contributed by atoms with van der Waals surface area (Å²) in [4.78, 5) is 2.49. The first-order chi connectivity index (χ1) is 8.91. The predicted octanol–water partition coefficient (Wildman–Crippen LogP) is 4.83. The van der Waals surface area contributed by atoms with Gasteiger partial charge in [-0.25, -0.2) is 0 Å². The standard InChI is InChI=1S/C15H22Cl2N2.2ClH/c1-15(2,3)14(19-9-7-18-8-10-19)13-11(16)5-4-6-12(13)17;;/h4-6,14,18H,7-10H2,1-3H3;2*1H/t14-;;/m0../s1. The molecule has 0 unspecified atom stereocenters. The van der Waals surface area contributed by atoms with Gasteiger partial charge < -0.3 is 5.32 Å². The van der Waals surface area contributed by atoms with E-state index >= 15 is 0 Å². The molecule has 1 aliphatic rings. The topological polar surface area (TPSA) is 15.3 Å². The van der Waals surface area contributed by atoms with Crippen molar-refractivity contribution in [2.75, 3.05) is 26.2 Å². The molecule has 122 valence electrons. The summed E-state index contributed by atoms with van der Waals surface area (Å²) in [5, 5.41) is 4.93. The highest BCUT2D eigenvalue weighted by atomic mass is 35.5. The van der Waals surface area contributed by atoms with Gasteiger partial charge in [0.25, 0.3) is 0 Å². The lowest BCUT2D eigenvalue weighted by Gasteiger charge is -2.43. The molecular weight excluding hydrogens is 350 g/mol. The monoisotopic (exact) mass is 372 g/mol. The van der Waals surface area contributed by atoms with E-state index in [4.69, 9.17) is 23.2 Å². The van der Waals surface area contributed by atoms with Crippen LogP contribution in [0.1, 0.15) is 32.4 Å². The van der Waals surface area contributed by atoms with Crippen molar-refractivity contribution < 1.29 is 0 Å². The van der Waals surface area contributed by atoms with Crippen LogP contribution in [0.5, 0.6) is 0 Å². The van der Waals surface area contributed by atoms with E-state index in [9.17, 15) is 0 Å². The Labute approximate surface area is 150 Å². The van der Waals surface area contributed by atoms with Crippen molar-refractivity contribution in [2.45, 2.75) is 26.8 Å². The lowest BCUT2D eigenvalue weighted by atomic mass is 9.81. The number of hydrogen-bond acceptors (Lipinski definition) is 2. The minimum Gasteiger partial charge on any atom is -0.314 e. The Kier molecular flexibility index (Phi) is 8.93. The van der Waals surface area contributed by atoms with Gasteiger partial charge in [-0.2, -0.15) is 0 Å². The molecule has 6 heteroatoms. The molecule has 0 saturated carbocycles. The van der Waals surface area contributed by atoms with Crippen LogP contribution < -0.4 is 5.32 Å². The molecule has 2 rings (SSSR count). The predicted molar refractivity (Wildman–Crippen MR) is 97.6 cm³/mol. The molecule has 1 aliphatic heterocycles. The molecule has 1 aromatic carbocycles. The second-order valence-corrected chi connectivity index (χ2v) is 7.00. The maximum absolute atomic E-state index is 6.42. The molecule has 0 amide bonds. The number of hydrogen-bond donors (Lipinski definition) is 1. The Hall–Kier alpha value is 0.300. The number of rotatable bonds is 2. The highest BCUT2D eigenvalue weighted by Gasteiger charge is 2.35. The number of nitrogens with one attached hydrogen (secondary N) is 1. The molecule has 1 fully saturated rings. The molecule has 1 atom stereocenters. The van der Waals surface area contributed by atoms with Gasteiger partial charge in [-0.05, 0) is 17.5 Å². The largest absolute Gasteiger partial charge is 0.314 e. The normalized spacial score (nSPS) is 17.6. The third-order valence-electron chi connectivity index (χ3n) is 3.61. The third kappa shape index (κ3) is 5.16. The summed E-state index contributed by atoms with van der Waals surface area (Å²) in [6.07, 6.45) is 0. The van der Waals surface area contributed by atoms with Gasteiger partial charge >= 0.3 is 0 Å². The average Bonchev–Trinajstić information content (AvgIpc) is 2.33. The highest BCUT2D eigenvalue weighted by molar-refractivity contribution is 6.36. The minimum atomic E-state index is 0. The van der Waals surface area contributed by atoms with Gasteiger partial charge in [0.2, 0.25) is 0 Å². The van der Waals surface area contributed by atoms with Crippen LogP contribution in [0.4, 0.5) is 0 Å². The zero-order chi connectivity index (χ0) is 14.0. The molecule has 0 spiro atoms. The molecule has 1 heterocycles. The van der Waals surface area contributed by atoms with E-state index in [1.165, 1.54) is 0 Å². The molecule has 0 bridgehead atoms. The molecule has 21 heavy (non-hydrogen) atoms. The Morgan fingerprint density at radius 2 is 1.52 bits per heavy atom. The van der Waals surface area contributed by atoms with Crippen LogP contribution in [0.15, 0.2) is 18.2 Å². The number of piperazine rings is 1. The number of halogens is 4. The quantitative estimate of drug-likeness (QED) is 0.798. The first-order valence-electron chi connectivity index (χ1n) is 6.80. The van der Waals surface area contributed by atoms with E-state index in [1.54, 1.807) is 0 Å². The Bertz CT molecular complexity index is 420. The Balaban J connectivity index is 0.00000200. The van der Waals surface area contributed by atoms with Crippen molar-refractivity contribution in [3.63, 3.8) is 0 Å². The Morgan fingerprint density at radius 1 is 1.05 bits per heavy atom. The van der Waals surface area contributed by atoms with E-state index in [1.807, 2.05) is 18.2 Å². The van der Waals surface area contributed by atoms with Gasteiger partial charge in [-0.3, -0.25) is 4.90 Å². The molecule has 0 aliphatic carbocycles. The molecule has 1 N–H and O–H groups in total. The van der Waals surface area contributed by atoms with Gasteiger partial charge in [0.1, 0.15) is 0 Å². The minimum absolute atomic E-state index is 0. The second-order valence-electron chi connectivity index (χ2n) is 6.19. The van der Waals surface area contributed by atoms with Gasteiger partial charge in [-0.15, -0.1) is 24.8 Å². The van der Waals surface area contributed by atoms with Crippen molar-refractivity contribution in [1.82, 2.24) is 10.2 Å². The van der Waals surface area contributed by atoms with Gasteiger partial charge in [0.05, 0.1) is 0 Å². The third-order valence-corrected chi connectivity index (χ3v) is 4.27.